The number of aryl methyl sites for hydroxylation is 2. The smallest absolute Gasteiger partial charge is 0.325 e. The van der Waals surface area contributed by atoms with E-state index in [4.69, 9.17) is 4.74 Å². The van der Waals surface area contributed by atoms with Gasteiger partial charge in [0.1, 0.15) is 24.0 Å². The predicted octanol–water partition coefficient (Wildman–Crippen LogP) is 2.51. The van der Waals surface area contributed by atoms with Crippen LogP contribution in [0.5, 0.6) is 5.75 Å². The van der Waals surface area contributed by atoms with Crippen LogP contribution in [0.4, 0.5) is 4.79 Å². The fourth-order valence-corrected chi connectivity index (χ4v) is 3.30. The molecular formula is C21H24N2O4. The van der Waals surface area contributed by atoms with Crippen LogP contribution < -0.4 is 10.1 Å². The summed E-state index contributed by atoms with van der Waals surface area (Å²) < 4.78 is 5.73. The Labute approximate surface area is 158 Å². The van der Waals surface area contributed by atoms with Gasteiger partial charge in [-0.15, -0.1) is 0 Å². The van der Waals surface area contributed by atoms with Crippen molar-refractivity contribution in [2.75, 3.05) is 13.2 Å². The van der Waals surface area contributed by atoms with Crippen molar-refractivity contribution in [1.29, 1.82) is 0 Å². The number of rotatable bonds is 6. The number of amides is 3. The van der Waals surface area contributed by atoms with Gasteiger partial charge >= 0.3 is 6.03 Å². The number of benzene rings is 2. The highest BCUT2D eigenvalue weighted by atomic mass is 16.5. The van der Waals surface area contributed by atoms with Crippen molar-refractivity contribution < 1.29 is 19.4 Å². The van der Waals surface area contributed by atoms with Crippen LogP contribution in [-0.4, -0.2) is 41.2 Å². The molecule has 0 saturated carbocycles. The standard InChI is InChI=1S/C21H24N2O4/c1-14-8-7-9-15(2)18(14)27-13-17(24)12-23-19(25)21(3,22-20(23)26)16-10-5-4-6-11-16/h4-11,17,24H,12-13H2,1-3H3,(H,22,26). The summed E-state index contributed by atoms with van der Waals surface area (Å²) in [5, 5.41) is 13.1. The molecule has 2 atom stereocenters. The Balaban J connectivity index is 1.67. The molecule has 2 aromatic carbocycles. The van der Waals surface area contributed by atoms with E-state index in [0.29, 0.717) is 11.3 Å². The van der Waals surface area contributed by atoms with Crippen molar-refractivity contribution in [1.82, 2.24) is 10.2 Å². The molecule has 27 heavy (non-hydrogen) atoms. The van der Waals surface area contributed by atoms with Crippen molar-refractivity contribution in [3.63, 3.8) is 0 Å². The molecule has 0 aromatic heterocycles. The number of carbonyl (C=O) groups is 2. The Morgan fingerprint density at radius 3 is 2.33 bits per heavy atom. The lowest BCUT2D eigenvalue weighted by Gasteiger charge is -2.23. The quantitative estimate of drug-likeness (QED) is 0.768. The zero-order chi connectivity index (χ0) is 19.6. The molecule has 1 aliphatic rings. The number of nitrogens with zero attached hydrogens (tertiary/aromatic N) is 1. The Hall–Kier alpha value is -2.86. The fourth-order valence-electron chi connectivity index (χ4n) is 3.30. The Kier molecular flexibility index (Phi) is 5.19. The van der Waals surface area contributed by atoms with Crippen LogP contribution in [0, 0.1) is 13.8 Å². The van der Waals surface area contributed by atoms with Crippen LogP contribution in [-0.2, 0) is 10.3 Å². The number of imide groups is 1. The second-order valence-electron chi connectivity index (χ2n) is 7.02. The number of ether oxygens (including phenoxy) is 1. The highest BCUT2D eigenvalue weighted by Crippen LogP contribution is 2.29. The molecule has 1 saturated heterocycles. The van der Waals surface area contributed by atoms with Gasteiger partial charge in [0.25, 0.3) is 5.91 Å². The van der Waals surface area contributed by atoms with Gasteiger partial charge in [-0.3, -0.25) is 9.69 Å². The third-order valence-corrected chi connectivity index (χ3v) is 4.85. The first-order valence-electron chi connectivity index (χ1n) is 8.89. The van der Waals surface area contributed by atoms with E-state index in [1.54, 1.807) is 19.1 Å². The fraction of sp³-hybridized carbons (Fsp3) is 0.333. The maximum atomic E-state index is 12.8. The lowest BCUT2D eigenvalue weighted by molar-refractivity contribution is -0.132. The van der Waals surface area contributed by atoms with Crippen LogP contribution in [0.2, 0.25) is 0 Å². The summed E-state index contributed by atoms with van der Waals surface area (Å²) in [6, 6.07) is 14.3. The van der Waals surface area contributed by atoms with Crippen molar-refractivity contribution in [2.24, 2.45) is 0 Å². The molecule has 6 heteroatoms. The first kappa shape index (κ1) is 18.9. The zero-order valence-electron chi connectivity index (χ0n) is 15.7. The highest BCUT2D eigenvalue weighted by Gasteiger charge is 2.49. The van der Waals surface area contributed by atoms with E-state index in [1.165, 1.54) is 0 Å². The van der Waals surface area contributed by atoms with Crippen molar-refractivity contribution in [3.05, 3.63) is 65.2 Å². The number of nitrogens with one attached hydrogen (secondary N) is 1. The van der Waals surface area contributed by atoms with Gasteiger partial charge < -0.3 is 15.2 Å². The minimum atomic E-state index is -1.13. The minimum absolute atomic E-state index is 0.00912. The molecule has 142 valence electrons. The number of β-amino-alcohol motifs (C(OH)–C–C–N with tert-alkyl or cyclic N) is 1. The van der Waals surface area contributed by atoms with Gasteiger partial charge in [0.05, 0.1) is 6.54 Å². The van der Waals surface area contributed by atoms with Gasteiger partial charge in [-0.1, -0.05) is 48.5 Å². The van der Waals surface area contributed by atoms with E-state index in [-0.39, 0.29) is 19.1 Å². The van der Waals surface area contributed by atoms with E-state index in [0.717, 1.165) is 16.0 Å². The monoisotopic (exact) mass is 368 g/mol. The Bertz CT molecular complexity index is 832. The molecule has 2 unspecified atom stereocenters. The molecule has 3 amide bonds. The highest BCUT2D eigenvalue weighted by molar-refractivity contribution is 6.07. The van der Waals surface area contributed by atoms with Crippen LogP contribution >= 0.6 is 0 Å². The van der Waals surface area contributed by atoms with E-state index < -0.39 is 17.7 Å². The van der Waals surface area contributed by atoms with Crippen molar-refractivity contribution in [2.45, 2.75) is 32.4 Å². The number of urea groups is 1. The molecule has 2 N–H and O–H groups in total. The lowest BCUT2D eigenvalue weighted by atomic mass is 9.92. The summed E-state index contributed by atoms with van der Waals surface area (Å²) in [6.07, 6.45) is -0.989. The van der Waals surface area contributed by atoms with E-state index in [2.05, 4.69) is 5.32 Å². The van der Waals surface area contributed by atoms with Gasteiger partial charge in [0.2, 0.25) is 0 Å². The van der Waals surface area contributed by atoms with Crippen LogP contribution in [0.15, 0.2) is 48.5 Å². The number of carbonyl (C=O) groups excluding carboxylic acids is 2. The van der Waals surface area contributed by atoms with Gasteiger partial charge in [0.15, 0.2) is 0 Å². The van der Waals surface area contributed by atoms with Crippen molar-refractivity contribution >= 4 is 11.9 Å². The predicted molar refractivity (Wildman–Crippen MR) is 101 cm³/mol. The molecule has 0 radical (unpaired) electrons. The SMILES string of the molecule is Cc1cccc(C)c1OCC(O)CN1C(=O)NC(C)(c2ccccc2)C1=O. The summed E-state index contributed by atoms with van der Waals surface area (Å²) in [6.45, 7) is 5.39. The van der Waals surface area contributed by atoms with Gasteiger partial charge in [-0.25, -0.2) is 4.79 Å². The molecule has 0 aliphatic carbocycles. The molecule has 6 nitrogen and oxygen atoms in total. The average Bonchev–Trinajstić information content (AvgIpc) is 2.86. The topological polar surface area (TPSA) is 78.9 Å². The van der Waals surface area contributed by atoms with Crippen LogP contribution in [0.1, 0.15) is 23.6 Å². The molecule has 3 rings (SSSR count). The van der Waals surface area contributed by atoms with Gasteiger partial charge in [0, 0.05) is 0 Å². The maximum absolute atomic E-state index is 12.8. The first-order valence-corrected chi connectivity index (χ1v) is 8.89. The molecule has 2 aromatic rings. The van der Waals surface area contributed by atoms with Crippen molar-refractivity contribution in [3.8, 4) is 5.75 Å². The summed E-state index contributed by atoms with van der Waals surface area (Å²) in [4.78, 5) is 26.2. The second-order valence-corrected chi connectivity index (χ2v) is 7.02. The third kappa shape index (κ3) is 3.66. The average molecular weight is 368 g/mol. The van der Waals surface area contributed by atoms with Gasteiger partial charge in [-0.05, 0) is 37.5 Å². The summed E-state index contributed by atoms with van der Waals surface area (Å²) in [5.41, 5.74) is 1.50. The largest absolute Gasteiger partial charge is 0.490 e. The van der Waals surface area contributed by atoms with E-state index >= 15 is 0 Å². The third-order valence-electron chi connectivity index (χ3n) is 4.85. The molecule has 0 spiro atoms. The van der Waals surface area contributed by atoms with E-state index in [1.807, 2.05) is 50.2 Å². The summed E-state index contributed by atoms with van der Waals surface area (Å²) in [5.74, 6) is 0.327. The zero-order valence-corrected chi connectivity index (χ0v) is 15.7. The summed E-state index contributed by atoms with van der Waals surface area (Å²) >= 11 is 0. The number of aliphatic hydroxyl groups excluding tert-OH is 1. The second kappa shape index (κ2) is 7.40. The number of para-hydroxylation sites is 1. The Morgan fingerprint density at radius 2 is 1.70 bits per heavy atom. The van der Waals surface area contributed by atoms with Gasteiger partial charge in [-0.2, -0.15) is 0 Å². The molecule has 1 heterocycles. The molecular weight excluding hydrogens is 344 g/mol. The van der Waals surface area contributed by atoms with Crippen LogP contribution in [0.25, 0.3) is 0 Å². The first-order chi connectivity index (χ1) is 12.8. The number of hydrogen-bond acceptors (Lipinski definition) is 4. The molecule has 1 aliphatic heterocycles. The lowest BCUT2D eigenvalue weighted by Crippen LogP contribution is -2.42. The van der Waals surface area contributed by atoms with Crippen LogP contribution in [0.3, 0.4) is 0 Å². The molecule has 1 fully saturated rings. The number of aliphatic hydroxyl groups is 1. The molecule has 0 bridgehead atoms. The van der Waals surface area contributed by atoms with E-state index in [9.17, 15) is 14.7 Å². The number of hydrogen-bond donors (Lipinski definition) is 2. The summed E-state index contributed by atoms with van der Waals surface area (Å²) in [7, 11) is 0. The minimum Gasteiger partial charge on any atom is -0.490 e. The normalized spacial score (nSPS) is 20.5. The maximum Gasteiger partial charge on any atom is 0.325 e. The Morgan fingerprint density at radius 1 is 1.07 bits per heavy atom.